The number of nitrogens with one attached hydrogen (secondary N) is 2. The van der Waals surface area contributed by atoms with E-state index in [0.717, 1.165) is 5.56 Å². The topological polar surface area (TPSA) is 127 Å². The highest BCUT2D eigenvalue weighted by Crippen LogP contribution is 2.35. The van der Waals surface area contributed by atoms with E-state index in [-0.39, 0.29) is 18.1 Å². The van der Waals surface area contributed by atoms with Crippen LogP contribution in [0, 0.1) is 0 Å². The molecule has 2 heterocycles. The number of amides is 3. The number of anilines is 1. The van der Waals surface area contributed by atoms with Crippen LogP contribution >= 0.6 is 0 Å². The second kappa shape index (κ2) is 11.5. The molecule has 1 atom stereocenters. The second-order valence-electron chi connectivity index (χ2n) is 8.99. The molecule has 4 aromatic rings. The smallest absolute Gasteiger partial charge is 0.329 e. The molecule has 5 rings (SSSR count). The lowest BCUT2D eigenvalue weighted by Crippen LogP contribution is -2.52. The van der Waals surface area contributed by atoms with Gasteiger partial charge in [-0.2, -0.15) is 0 Å². The van der Waals surface area contributed by atoms with Crippen LogP contribution in [-0.2, 0) is 21.2 Å². The Hall–Kier alpha value is -4.90. The standard InChI is InChI=1S/C29H26N4O6S/c1-33(22-13-14-25-26(17-22)39-19-38-25)28(34)24(16-20-8-3-2-4-9-20)31-29(35)32-40(36,37)27-12-6-5-11-23(27)21-10-7-15-30-18-21/h2-15,17-18,24H,16,19H2,1H3,(H2,31,32,35). The number of fused-ring (bicyclic) bond motifs is 1. The zero-order valence-corrected chi connectivity index (χ0v) is 22.3. The summed E-state index contributed by atoms with van der Waals surface area (Å²) < 4.78 is 39.4. The van der Waals surface area contributed by atoms with Crippen LogP contribution < -0.4 is 24.4 Å². The molecule has 0 saturated heterocycles. The first kappa shape index (κ1) is 26.7. The number of pyridine rings is 1. The molecular formula is C29H26N4O6S. The average molecular weight is 559 g/mol. The molecule has 0 aliphatic carbocycles. The molecule has 0 saturated carbocycles. The molecule has 0 bridgehead atoms. The number of sulfonamides is 1. The van der Waals surface area contributed by atoms with E-state index in [0.29, 0.717) is 28.3 Å². The van der Waals surface area contributed by atoms with E-state index < -0.39 is 28.0 Å². The van der Waals surface area contributed by atoms with Crippen LogP contribution in [0.4, 0.5) is 10.5 Å². The zero-order chi connectivity index (χ0) is 28.1. The molecule has 11 heteroatoms. The van der Waals surface area contributed by atoms with Crippen LogP contribution in [0.2, 0.25) is 0 Å². The van der Waals surface area contributed by atoms with E-state index in [1.165, 1.54) is 17.2 Å². The molecule has 40 heavy (non-hydrogen) atoms. The van der Waals surface area contributed by atoms with Gasteiger partial charge in [0.2, 0.25) is 12.7 Å². The van der Waals surface area contributed by atoms with Crippen LogP contribution in [0.3, 0.4) is 0 Å². The van der Waals surface area contributed by atoms with Gasteiger partial charge in [0.05, 0.1) is 4.90 Å². The minimum Gasteiger partial charge on any atom is -0.454 e. The fourth-order valence-electron chi connectivity index (χ4n) is 4.33. The van der Waals surface area contributed by atoms with Crippen molar-refractivity contribution in [2.75, 3.05) is 18.7 Å². The molecule has 3 amide bonds. The summed E-state index contributed by atoms with van der Waals surface area (Å²) in [5.74, 6) is 0.617. The summed E-state index contributed by atoms with van der Waals surface area (Å²) in [5.41, 5.74) is 2.26. The molecule has 1 unspecified atom stereocenters. The molecule has 10 nitrogen and oxygen atoms in total. The number of likely N-dealkylation sites (N-methyl/N-ethyl adjacent to an activating group) is 1. The third-order valence-corrected chi connectivity index (χ3v) is 7.73. The molecule has 1 aliphatic rings. The summed E-state index contributed by atoms with van der Waals surface area (Å²) >= 11 is 0. The lowest BCUT2D eigenvalue weighted by molar-refractivity contribution is -0.120. The molecule has 0 radical (unpaired) electrons. The highest BCUT2D eigenvalue weighted by atomic mass is 32.2. The van der Waals surface area contributed by atoms with Crippen molar-refractivity contribution in [1.29, 1.82) is 0 Å². The number of carbonyl (C=O) groups excluding carboxylic acids is 2. The first-order valence-corrected chi connectivity index (χ1v) is 13.8. The maximum atomic E-state index is 13.6. The van der Waals surface area contributed by atoms with Gasteiger partial charge >= 0.3 is 6.03 Å². The number of aromatic nitrogens is 1. The summed E-state index contributed by atoms with van der Waals surface area (Å²) in [6.45, 7) is 0.0905. The van der Waals surface area contributed by atoms with Crippen LogP contribution in [-0.4, -0.2) is 45.2 Å². The van der Waals surface area contributed by atoms with E-state index in [1.807, 2.05) is 30.3 Å². The second-order valence-corrected chi connectivity index (χ2v) is 10.6. The molecule has 3 aromatic carbocycles. The van der Waals surface area contributed by atoms with Gasteiger partial charge in [0.1, 0.15) is 6.04 Å². The summed E-state index contributed by atoms with van der Waals surface area (Å²) in [5, 5.41) is 2.56. The molecule has 1 aromatic heterocycles. The number of rotatable bonds is 8. The molecule has 0 fully saturated rings. The Labute approximate surface area is 231 Å². The van der Waals surface area contributed by atoms with Crippen molar-refractivity contribution in [3.63, 3.8) is 0 Å². The van der Waals surface area contributed by atoms with Crippen molar-refractivity contribution in [2.45, 2.75) is 17.4 Å². The number of hydrogen-bond donors (Lipinski definition) is 2. The van der Waals surface area contributed by atoms with Gasteiger partial charge in [0.25, 0.3) is 10.0 Å². The van der Waals surface area contributed by atoms with Gasteiger partial charge in [-0.05, 0) is 29.8 Å². The van der Waals surface area contributed by atoms with Crippen molar-refractivity contribution >= 4 is 27.6 Å². The normalized spacial score (nSPS) is 12.8. The van der Waals surface area contributed by atoms with E-state index in [9.17, 15) is 18.0 Å². The van der Waals surface area contributed by atoms with Crippen molar-refractivity contribution in [3.8, 4) is 22.6 Å². The molecule has 204 valence electrons. The number of benzene rings is 3. The summed E-state index contributed by atoms with van der Waals surface area (Å²) in [4.78, 5) is 32.0. The predicted octanol–water partition coefficient (Wildman–Crippen LogP) is 3.74. The monoisotopic (exact) mass is 558 g/mol. The lowest BCUT2D eigenvalue weighted by Gasteiger charge is -2.25. The highest BCUT2D eigenvalue weighted by Gasteiger charge is 2.29. The Morgan fingerprint density at radius 1 is 0.950 bits per heavy atom. The first-order chi connectivity index (χ1) is 19.3. The molecular weight excluding hydrogens is 532 g/mol. The predicted molar refractivity (Wildman–Crippen MR) is 148 cm³/mol. The molecule has 2 N–H and O–H groups in total. The van der Waals surface area contributed by atoms with Gasteiger partial charge in [-0.15, -0.1) is 0 Å². The van der Waals surface area contributed by atoms with Crippen molar-refractivity contribution < 1.29 is 27.5 Å². The van der Waals surface area contributed by atoms with Crippen molar-refractivity contribution in [3.05, 3.63) is 103 Å². The molecule has 0 spiro atoms. The van der Waals surface area contributed by atoms with E-state index in [1.54, 1.807) is 61.8 Å². The lowest BCUT2D eigenvalue weighted by atomic mass is 10.0. The Bertz CT molecular complexity index is 1630. The van der Waals surface area contributed by atoms with Crippen molar-refractivity contribution in [1.82, 2.24) is 15.0 Å². The highest BCUT2D eigenvalue weighted by molar-refractivity contribution is 7.90. The summed E-state index contributed by atoms with van der Waals surface area (Å²) in [7, 11) is -2.74. The first-order valence-electron chi connectivity index (χ1n) is 12.4. The SMILES string of the molecule is CN(C(=O)C(Cc1ccccc1)NC(=O)NS(=O)(=O)c1ccccc1-c1cccnc1)c1ccc2c(c1)OCO2. The number of carbonyl (C=O) groups is 2. The quantitative estimate of drug-likeness (QED) is 0.337. The molecule has 1 aliphatic heterocycles. The Balaban J connectivity index is 1.38. The maximum absolute atomic E-state index is 13.6. The van der Waals surface area contributed by atoms with Gasteiger partial charge in [-0.1, -0.05) is 54.6 Å². The summed E-state index contributed by atoms with van der Waals surface area (Å²) in [6.07, 6.45) is 3.25. The third-order valence-electron chi connectivity index (χ3n) is 6.34. The van der Waals surface area contributed by atoms with Crippen LogP contribution in [0.1, 0.15) is 5.56 Å². The van der Waals surface area contributed by atoms with Crippen LogP contribution in [0.25, 0.3) is 11.1 Å². The van der Waals surface area contributed by atoms with Gasteiger partial charge in [-0.25, -0.2) is 17.9 Å². The number of urea groups is 1. The fraction of sp³-hybridized carbons (Fsp3) is 0.138. The average Bonchev–Trinajstić information content (AvgIpc) is 3.45. The van der Waals surface area contributed by atoms with Gasteiger partial charge in [-0.3, -0.25) is 9.78 Å². The van der Waals surface area contributed by atoms with Gasteiger partial charge in [0.15, 0.2) is 11.5 Å². The van der Waals surface area contributed by atoms with E-state index in [4.69, 9.17) is 9.47 Å². The number of ether oxygens (including phenoxy) is 2. The Morgan fingerprint density at radius 3 is 2.48 bits per heavy atom. The van der Waals surface area contributed by atoms with Crippen LogP contribution in [0.5, 0.6) is 11.5 Å². The van der Waals surface area contributed by atoms with Gasteiger partial charge < -0.3 is 19.7 Å². The van der Waals surface area contributed by atoms with Gasteiger partial charge in [0, 0.05) is 48.7 Å². The number of hydrogen-bond acceptors (Lipinski definition) is 7. The Kier molecular flexibility index (Phi) is 7.65. The minimum atomic E-state index is -4.31. The maximum Gasteiger partial charge on any atom is 0.329 e. The van der Waals surface area contributed by atoms with Crippen molar-refractivity contribution in [2.24, 2.45) is 0 Å². The van der Waals surface area contributed by atoms with E-state index in [2.05, 4.69) is 15.0 Å². The van der Waals surface area contributed by atoms with Crippen LogP contribution in [0.15, 0.2) is 102 Å². The number of nitrogens with zero attached hydrogens (tertiary/aromatic N) is 2. The third kappa shape index (κ3) is 5.89. The Morgan fingerprint density at radius 2 is 1.70 bits per heavy atom. The van der Waals surface area contributed by atoms with E-state index >= 15 is 0 Å². The zero-order valence-electron chi connectivity index (χ0n) is 21.5. The summed E-state index contributed by atoms with van der Waals surface area (Å²) in [6, 6.07) is 21.8. The largest absolute Gasteiger partial charge is 0.454 e. The minimum absolute atomic E-state index is 0.0905. The fourth-order valence-corrected chi connectivity index (χ4v) is 5.48.